The van der Waals surface area contributed by atoms with Crippen molar-refractivity contribution in [1.82, 2.24) is 4.90 Å². The first-order valence-corrected chi connectivity index (χ1v) is 7.27. The number of methoxy groups -OCH3 is 1. The van der Waals surface area contributed by atoms with Crippen LogP contribution in [0.2, 0.25) is 0 Å². The minimum Gasteiger partial charge on any atom is -0.467 e. The SMILES string of the molecule is COC(=O)[C@@H](C)N1C(=O)/C(=C/c2ccccc2F)SC1=S. The molecule has 2 rings (SSSR count). The third kappa shape index (κ3) is 3.14. The van der Waals surface area contributed by atoms with Crippen molar-refractivity contribution in [3.05, 3.63) is 40.6 Å². The lowest BCUT2D eigenvalue weighted by molar-refractivity contribution is -0.147. The number of carbonyl (C=O) groups excluding carboxylic acids is 2. The van der Waals surface area contributed by atoms with Crippen LogP contribution in [0.15, 0.2) is 29.2 Å². The summed E-state index contributed by atoms with van der Waals surface area (Å²) in [5.41, 5.74) is 0.295. The van der Waals surface area contributed by atoms with E-state index in [1.165, 1.54) is 31.1 Å². The zero-order valence-electron chi connectivity index (χ0n) is 11.3. The molecule has 1 aromatic rings. The van der Waals surface area contributed by atoms with Gasteiger partial charge in [0.2, 0.25) is 0 Å². The highest BCUT2D eigenvalue weighted by Gasteiger charge is 2.38. The Morgan fingerprint density at radius 1 is 1.48 bits per heavy atom. The van der Waals surface area contributed by atoms with Gasteiger partial charge in [0.25, 0.3) is 5.91 Å². The number of esters is 1. The van der Waals surface area contributed by atoms with Crippen LogP contribution in [0.25, 0.3) is 6.08 Å². The van der Waals surface area contributed by atoms with Crippen molar-refractivity contribution >= 4 is 46.3 Å². The van der Waals surface area contributed by atoms with Gasteiger partial charge in [-0.3, -0.25) is 9.69 Å². The van der Waals surface area contributed by atoms with Gasteiger partial charge in [0.05, 0.1) is 12.0 Å². The molecule has 1 aliphatic rings. The molecule has 1 fully saturated rings. The monoisotopic (exact) mass is 325 g/mol. The second-order valence-corrected chi connectivity index (χ2v) is 5.95. The van der Waals surface area contributed by atoms with Crippen molar-refractivity contribution in [3.63, 3.8) is 0 Å². The highest BCUT2D eigenvalue weighted by Crippen LogP contribution is 2.34. The van der Waals surface area contributed by atoms with E-state index in [1.54, 1.807) is 18.2 Å². The second-order valence-electron chi connectivity index (χ2n) is 4.27. The van der Waals surface area contributed by atoms with E-state index in [9.17, 15) is 14.0 Å². The Kier molecular flexibility index (Phi) is 4.74. The summed E-state index contributed by atoms with van der Waals surface area (Å²) < 4.78 is 18.5. The largest absolute Gasteiger partial charge is 0.467 e. The molecular weight excluding hydrogens is 313 g/mol. The highest BCUT2D eigenvalue weighted by molar-refractivity contribution is 8.26. The quantitative estimate of drug-likeness (QED) is 0.486. The van der Waals surface area contributed by atoms with Crippen LogP contribution in [0.4, 0.5) is 4.39 Å². The third-order valence-electron chi connectivity index (χ3n) is 2.94. The molecule has 0 unspecified atom stereocenters. The molecule has 0 saturated carbocycles. The lowest BCUT2D eigenvalue weighted by Crippen LogP contribution is -2.42. The van der Waals surface area contributed by atoms with Crippen molar-refractivity contribution in [2.24, 2.45) is 0 Å². The number of hydrogen-bond acceptors (Lipinski definition) is 5. The summed E-state index contributed by atoms with van der Waals surface area (Å²) in [4.78, 5) is 25.3. The van der Waals surface area contributed by atoms with Gasteiger partial charge in [-0.05, 0) is 19.1 Å². The average molecular weight is 325 g/mol. The van der Waals surface area contributed by atoms with Gasteiger partial charge in [-0.15, -0.1) is 0 Å². The number of carbonyl (C=O) groups is 2. The number of nitrogens with zero attached hydrogens (tertiary/aromatic N) is 1. The van der Waals surface area contributed by atoms with E-state index in [0.29, 0.717) is 5.56 Å². The van der Waals surface area contributed by atoms with Crippen LogP contribution >= 0.6 is 24.0 Å². The highest BCUT2D eigenvalue weighted by atomic mass is 32.2. The van der Waals surface area contributed by atoms with E-state index in [0.717, 1.165) is 11.8 Å². The van der Waals surface area contributed by atoms with E-state index < -0.39 is 23.7 Å². The predicted octanol–water partition coefficient (Wildman–Crippen LogP) is 2.59. The van der Waals surface area contributed by atoms with Gasteiger partial charge in [-0.2, -0.15) is 0 Å². The van der Waals surface area contributed by atoms with Gasteiger partial charge in [0.1, 0.15) is 16.2 Å². The molecule has 0 bridgehead atoms. The Morgan fingerprint density at radius 2 is 2.14 bits per heavy atom. The molecule has 1 heterocycles. The van der Waals surface area contributed by atoms with E-state index in [1.807, 2.05) is 0 Å². The summed E-state index contributed by atoms with van der Waals surface area (Å²) in [7, 11) is 1.24. The molecular formula is C14H12FNO3S2. The minimum atomic E-state index is -0.811. The van der Waals surface area contributed by atoms with Gasteiger partial charge in [0, 0.05) is 5.56 Å². The predicted molar refractivity (Wildman–Crippen MR) is 82.9 cm³/mol. The fraction of sp³-hybridized carbons (Fsp3) is 0.214. The van der Waals surface area contributed by atoms with Crippen molar-refractivity contribution in [2.75, 3.05) is 7.11 Å². The van der Waals surface area contributed by atoms with Crippen molar-refractivity contribution < 1.29 is 18.7 Å². The molecule has 110 valence electrons. The molecule has 4 nitrogen and oxygen atoms in total. The Balaban J connectivity index is 2.30. The number of ether oxygens (including phenoxy) is 1. The zero-order valence-corrected chi connectivity index (χ0v) is 13.0. The maximum Gasteiger partial charge on any atom is 0.328 e. The summed E-state index contributed by atoms with van der Waals surface area (Å²) in [5.74, 6) is -1.41. The zero-order chi connectivity index (χ0) is 15.6. The molecule has 1 saturated heterocycles. The fourth-order valence-corrected chi connectivity index (χ4v) is 3.23. The summed E-state index contributed by atoms with van der Waals surface area (Å²) in [6.45, 7) is 1.53. The first kappa shape index (κ1) is 15.7. The van der Waals surface area contributed by atoms with Crippen LogP contribution < -0.4 is 0 Å². The number of thioether (sulfide) groups is 1. The maximum absolute atomic E-state index is 13.6. The lowest BCUT2D eigenvalue weighted by atomic mass is 10.2. The van der Waals surface area contributed by atoms with E-state index in [-0.39, 0.29) is 9.23 Å². The molecule has 1 aliphatic heterocycles. The lowest BCUT2D eigenvalue weighted by Gasteiger charge is -2.20. The van der Waals surface area contributed by atoms with Gasteiger partial charge in [-0.1, -0.05) is 42.2 Å². The number of hydrogen-bond donors (Lipinski definition) is 0. The minimum absolute atomic E-state index is 0.250. The van der Waals surface area contributed by atoms with Crippen molar-refractivity contribution in [3.8, 4) is 0 Å². The normalized spacial score (nSPS) is 18.2. The number of halogens is 1. The fourth-order valence-electron chi connectivity index (χ4n) is 1.82. The first-order chi connectivity index (χ1) is 9.95. The van der Waals surface area contributed by atoms with Gasteiger partial charge >= 0.3 is 5.97 Å². The molecule has 21 heavy (non-hydrogen) atoms. The third-order valence-corrected chi connectivity index (χ3v) is 4.28. The van der Waals surface area contributed by atoms with E-state index in [2.05, 4.69) is 4.74 Å². The molecule has 1 atom stereocenters. The van der Waals surface area contributed by atoms with Gasteiger partial charge < -0.3 is 4.74 Å². The second kappa shape index (κ2) is 6.36. The number of amides is 1. The van der Waals surface area contributed by atoms with Gasteiger partial charge in [0.15, 0.2) is 0 Å². The molecule has 0 radical (unpaired) electrons. The molecule has 0 aromatic heterocycles. The Labute approximate surface area is 130 Å². The van der Waals surface area contributed by atoms with Crippen molar-refractivity contribution in [1.29, 1.82) is 0 Å². The van der Waals surface area contributed by atoms with Crippen LogP contribution in [-0.4, -0.2) is 34.2 Å². The smallest absolute Gasteiger partial charge is 0.328 e. The van der Waals surface area contributed by atoms with E-state index in [4.69, 9.17) is 12.2 Å². The molecule has 0 aliphatic carbocycles. The Morgan fingerprint density at radius 3 is 2.76 bits per heavy atom. The molecule has 1 aromatic carbocycles. The topological polar surface area (TPSA) is 46.6 Å². The number of benzene rings is 1. The van der Waals surface area contributed by atoms with Crippen LogP contribution in [0, 0.1) is 5.82 Å². The summed E-state index contributed by atoms with van der Waals surface area (Å²) >= 11 is 6.15. The summed E-state index contributed by atoms with van der Waals surface area (Å²) in [6.07, 6.45) is 1.43. The molecule has 1 amide bonds. The van der Waals surface area contributed by atoms with Crippen LogP contribution in [0.5, 0.6) is 0 Å². The maximum atomic E-state index is 13.6. The van der Waals surface area contributed by atoms with Crippen LogP contribution in [0.1, 0.15) is 12.5 Å². The number of rotatable bonds is 3. The molecule has 7 heteroatoms. The van der Waals surface area contributed by atoms with Crippen molar-refractivity contribution in [2.45, 2.75) is 13.0 Å². The molecule has 0 N–H and O–H groups in total. The Bertz CT molecular complexity index is 645. The Hall–Kier alpha value is -1.73. The van der Waals surface area contributed by atoms with E-state index >= 15 is 0 Å². The van der Waals surface area contributed by atoms with Gasteiger partial charge in [-0.25, -0.2) is 9.18 Å². The number of thiocarbonyl (C=S) groups is 1. The standard InChI is InChI=1S/C14H12FNO3S2/c1-8(13(18)19-2)16-12(17)11(21-14(16)20)7-9-5-3-4-6-10(9)15/h3-8H,1-2H3/b11-7-/t8-/m1/s1. The van der Waals surface area contributed by atoms with Crippen LogP contribution in [0.3, 0.4) is 0 Å². The summed E-state index contributed by atoms with van der Waals surface area (Å²) in [6, 6.07) is 5.30. The summed E-state index contributed by atoms with van der Waals surface area (Å²) in [5, 5.41) is 0. The first-order valence-electron chi connectivity index (χ1n) is 6.05. The molecule has 0 spiro atoms. The average Bonchev–Trinajstić information content (AvgIpc) is 2.74. The van der Waals surface area contributed by atoms with Crippen LogP contribution in [-0.2, 0) is 14.3 Å².